The topological polar surface area (TPSA) is 38.7 Å². The molecule has 0 spiro atoms. The fourth-order valence-corrected chi connectivity index (χ4v) is 2.04. The molecule has 4 heteroatoms. The fourth-order valence-electron chi connectivity index (χ4n) is 1.65. The monoisotopic (exact) mass is 305 g/mol. The summed E-state index contributed by atoms with van der Waals surface area (Å²) in [5.41, 5.74) is 3.07. The van der Waals surface area contributed by atoms with Crippen LogP contribution in [0.1, 0.15) is 32.2 Å². The average molecular weight is 306 g/mol. The molecule has 18 heavy (non-hydrogen) atoms. The van der Waals surface area contributed by atoms with Crippen molar-refractivity contribution in [2.75, 3.05) is 0 Å². The normalized spacial score (nSPS) is 11.6. The van der Waals surface area contributed by atoms with Gasteiger partial charge in [-0.05, 0) is 40.5 Å². The van der Waals surface area contributed by atoms with E-state index in [-0.39, 0.29) is 5.41 Å². The Labute approximate surface area is 116 Å². The number of aryl methyl sites for hydroxylation is 1. The second kappa shape index (κ2) is 4.76. The highest BCUT2D eigenvalue weighted by atomic mass is 79.9. The molecule has 0 atom stereocenters. The highest BCUT2D eigenvalue weighted by molar-refractivity contribution is 9.10. The van der Waals surface area contributed by atoms with Crippen LogP contribution in [0.25, 0.3) is 11.3 Å². The SMILES string of the molecule is Cc1cnccc1-c1cc(Br)nc(C(C)(C)C)n1. The molecule has 0 saturated heterocycles. The summed E-state index contributed by atoms with van der Waals surface area (Å²) in [5, 5.41) is 0. The van der Waals surface area contributed by atoms with Gasteiger partial charge in [0, 0.05) is 23.4 Å². The number of pyridine rings is 1. The lowest BCUT2D eigenvalue weighted by molar-refractivity contribution is 0.544. The molecule has 0 fully saturated rings. The van der Waals surface area contributed by atoms with Gasteiger partial charge in [0.2, 0.25) is 0 Å². The zero-order valence-electron chi connectivity index (χ0n) is 11.0. The summed E-state index contributed by atoms with van der Waals surface area (Å²) >= 11 is 3.46. The van der Waals surface area contributed by atoms with E-state index in [1.54, 1.807) is 6.20 Å². The van der Waals surface area contributed by atoms with Crippen LogP contribution in [0, 0.1) is 6.92 Å². The molecular weight excluding hydrogens is 290 g/mol. The number of halogens is 1. The first-order valence-electron chi connectivity index (χ1n) is 5.84. The Bertz CT molecular complexity index is 573. The van der Waals surface area contributed by atoms with Crippen molar-refractivity contribution in [3.05, 3.63) is 40.5 Å². The third-order valence-electron chi connectivity index (χ3n) is 2.66. The van der Waals surface area contributed by atoms with Crippen LogP contribution in [0.15, 0.2) is 29.1 Å². The zero-order valence-corrected chi connectivity index (χ0v) is 12.6. The van der Waals surface area contributed by atoms with Crippen molar-refractivity contribution >= 4 is 15.9 Å². The van der Waals surface area contributed by atoms with Crippen molar-refractivity contribution in [2.24, 2.45) is 0 Å². The van der Waals surface area contributed by atoms with E-state index in [1.165, 1.54) is 0 Å². The lowest BCUT2D eigenvalue weighted by atomic mass is 9.95. The Hall–Kier alpha value is -1.29. The van der Waals surface area contributed by atoms with Gasteiger partial charge in [0.05, 0.1) is 5.69 Å². The van der Waals surface area contributed by atoms with Gasteiger partial charge < -0.3 is 0 Å². The summed E-state index contributed by atoms with van der Waals surface area (Å²) in [6, 6.07) is 3.92. The fraction of sp³-hybridized carbons (Fsp3) is 0.357. The molecule has 0 aliphatic carbocycles. The molecule has 0 saturated carbocycles. The Kier molecular flexibility index (Phi) is 3.48. The van der Waals surface area contributed by atoms with E-state index in [4.69, 9.17) is 0 Å². The minimum Gasteiger partial charge on any atom is -0.264 e. The summed E-state index contributed by atoms with van der Waals surface area (Å²) in [4.78, 5) is 13.2. The Balaban J connectivity index is 2.60. The molecule has 0 N–H and O–H groups in total. The van der Waals surface area contributed by atoms with Crippen molar-refractivity contribution in [1.29, 1.82) is 0 Å². The highest BCUT2D eigenvalue weighted by Gasteiger charge is 2.19. The van der Waals surface area contributed by atoms with Gasteiger partial charge in [0.15, 0.2) is 0 Å². The maximum Gasteiger partial charge on any atom is 0.135 e. The van der Waals surface area contributed by atoms with Gasteiger partial charge in [-0.2, -0.15) is 0 Å². The molecule has 2 aromatic heterocycles. The van der Waals surface area contributed by atoms with Crippen molar-refractivity contribution in [3.8, 4) is 11.3 Å². The highest BCUT2D eigenvalue weighted by Crippen LogP contribution is 2.26. The predicted molar refractivity (Wildman–Crippen MR) is 76.4 cm³/mol. The first kappa shape index (κ1) is 13.1. The maximum absolute atomic E-state index is 4.67. The molecule has 0 unspecified atom stereocenters. The van der Waals surface area contributed by atoms with Crippen LogP contribution in [-0.4, -0.2) is 15.0 Å². The second-order valence-corrected chi connectivity index (χ2v) is 6.15. The largest absolute Gasteiger partial charge is 0.264 e. The summed E-state index contributed by atoms with van der Waals surface area (Å²) in [6.07, 6.45) is 3.64. The van der Waals surface area contributed by atoms with Gasteiger partial charge in [-0.15, -0.1) is 0 Å². The third-order valence-corrected chi connectivity index (χ3v) is 3.07. The van der Waals surface area contributed by atoms with Crippen LogP contribution >= 0.6 is 15.9 Å². The molecule has 2 heterocycles. The van der Waals surface area contributed by atoms with Crippen molar-refractivity contribution in [2.45, 2.75) is 33.1 Å². The van der Waals surface area contributed by atoms with Crippen LogP contribution in [0.3, 0.4) is 0 Å². The van der Waals surface area contributed by atoms with E-state index in [1.807, 2.05) is 25.3 Å². The zero-order chi connectivity index (χ0) is 13.3. The molecule has 3 nitrogen and oxygen atoms in total. The Morgan fingerprint density at radius 1 is 1.17 bits per heavy atom. The van der Waals surface area contributed by atoms with E-state index in [0.717, 1.165) is 27.2 Å². The number of nitrogens with zero attached hydrogens (tertiary/aromatic N) is 3. The first-order valence-corrected chi connectivity index (χ1v) is 6.63. The standard InChI is InChI=1S/C14H16BrN3/c1-9-8-16-6-5-10(9)11-7-12(15)18-13(17-11)14(2,3)4/h5-8H,1-4H3. The molecular formula is C14H16BrN3. The van der Waals surface area contributed by atoms with E-state index >= 15 is 0 Å². The Morgan fingerprint density at radius 3 is 2.50 bits per heavy atom. The summed E-state index contributed by atoms with van der Waals surface area (Å²) < 4.78 is 0.814. The lowest BCUT2D eigenvalue weighted by Crippen LogP contribution is -2.16. The van der Waals surface area contributed by atoms with Gasteiger partial charge in [0.25, 0.3) is 0 Å². The van der Waals surface area contributed by atoms with Crippen molar-refractivity contribution < 1.29 is 0 Å². The van der Waals surface area contributed by atoms with Gasteiger partial charge in [-0.1, -0.05) is 20.8 Å². The van der Waals surface area contributed by atoms with Gasteiger partial charge >= 0.3 is 0 Å². The number of hydrogen-bond donors (Lipinski definition) is 0. The second-order valence-electron chi connectivity index (χ2n) is 5.34. The minimum atomic E-state index is -0.0700. The van der Waals surface area contributed by atoms with Crippen molar-refractivity contribution in [3.63, 3.8) is 0 Å². The molecule has 2 aromatic rings. The van der Waals surface area contributed by atoms with Gasteiger partial charge in [-0.25, -0.2) is 9.97 Å². The molecule has 0 bridgehead atoms. The maximum atomic E-state index is 4.67. The molecule has 0 aliphatic rings. The minimum absolute atomic E-state index is 0.0700. The predicted octanol–water partition coefficient (Wildman–Crippen LogP) is 3.91. The quantitative estimate of drug-likeness (QED) is 0.750. The van der Waals surface area contributed by atoms with Gasteiger partial charge in [-0.3, -0.25) is 4.98 Å². The molecule has 0 radical (unpaired) electrons. The van der Waals surface area contributed by atoms with Crippen LogP contribution in [0.5, 0.6) is 0 Å². The first-order chi connectivity index (χ1) is 8.38. The smallest absolute Gasteiger partial charge is 0.135 e. The number of aromatic nitrogens is 3. The van der Waals surface area contributed by atoms with Gasteiger partial charge in [0.1, 0.15) is 10.4 Å². The summed E-state index contributed by atoms with van der Waals surface area (Å²) in [6.45, 7) is 8.36. The van der Waals surface area contributed by atoms with Crippen LogP contribution < -0.4 is 0 Å². The lowest BCUT2D eigenvalue weighted by Gasteiger charge is -2.18. The van der Waals surface area contributed by atoms with Crippen LogP contribution in [-0.2, 0) is 5.41 Å². The van der Waals surface area contributed by atoms with E-state index in [0.29, 0.717) is 0 Å². The van der Waals surface area contributed by atoms with Crippen LogP contribution in [0.4, 0.5) is 0 Å². The van der Waals surface area contributed by atoms with E-state index in [2.05, 4.69) is 51.7 Å². The molecule has 0 aromatic carbocycles. The molecule has 94 valence electrons. The number of rotatable bonds is 1. The summed E-state index contributed by atoms with van der Waals surface area (Å²) in [5.74, 6) is 0.836. The third kappa shape index (κ3) is 2.75. The molecule has 0 amide bonds. The Morgan fingerprint density at radius 2 is 1.89 bits per heavy atom. The van der Waals surface area contributed by atoms with E-state index in [9.17, 15) is 0 Å². The van der Waals surface area contributed by atoms with Crippen LogP contribution in [0.2, 0.25) is 0 Å². The molecule has 2 rings (SSSR count). The molecule has 0 aliphatic heterocycles. The number of hydrogen-bond acceptors (Lipinski definition) is 3. The van der Waals surface area contributed by atoms with Crippen molar-refractivity contribution in [1.82, 2.24) is 15.0 Å². The average Bonchev–Trinajstić information content (AvgIpc) is 2.27. The summed E-state index contributed by atoms with van der Waals surface area (Å²) in [7, 11) is 0. The van der Waals surface area contributed by atoms with E-state index < -0.39 is 0 Å².